The standard InChI is InChI=1S/C17H27FN2/c1-13(19)17(15-10-6-7-11-16(15)18)20(2)12-14-8-4-3-5-9-14/h6-7,10-11,13-14,17H,3-5,8-9,12,19H2,1-2H3. The molecule has 0 aliphatic heterocycles. The monoisotopic (exact) mass is 278 g/mol. The molecule has 2 rings (SSSR count). The smallest absolute Gasteiger partial charge is 0.128 e. The molecule has 20 heavy (non-hydrogen) atoms. The van der Waals surface area contributed by atoms with E-state index in [0.29, 0.717) is 0 Å². The Morgan fingerprint density at radius 3 is 2.50 bits per heavy atom. The van der Waals surface area contributed by atoms with E-state index in [4.69, 9.17) is 5.73 Å². The Kier molecular flexibility index (Phi) is 5.55. The van der Waals surface area contributed by atoms with Crippen LogP contribution in [0.15, 0.2) is 24.3 Å². The van der Waals surface area contributed by atoms with Gasteiger partial charge < -0.3 is 5.73 Å². The molecule has 0 radical (unpaired) electrons. The first kappa shape index (κ1) is 15.5. The van der Waals surface area contributed by atoms with Gasteiger partial charge >= 0.3 is 0 Å². The third-order valence-electron chi connectivity index (χ3n) is 4.47. The molecule has 112 valence electrons. The molecule has 2 unspecified atom stereocenters. The molecule has 1 aliphatic carbocycles. The highest BCUT2D eigenvalue weighted by molar-refractivity contribution is 5.22. The molecule has 2 N–H and O–H groups in total. The second-order valence-corrected chi connectivity index (χ2v) is 6.27. The minimum atomic E-state index is -0.148. The largest absolute Gasteiger partial charge is 0.326 e. The molecule has 1 saturated carbocycles. The SMILES string of the molecule is CC(N)C(c1ccccc1F)N(C)CC1CCCCC1. The lowest BCUT2D eigenvalue weighted by Crippen LogP contribution is -2.40. The average Bonchev–Trinajstić information content (AvgIpc) is 2.42. The van der Waals surface area contributed by atoms with Crippen LogP contribution in [0.5, 0.6) is 0 Å². The number of hydrogen-bond acceptors (Lipinski definition) is 2. The Morgan fingerprint density at radius 2 is 1.90 bits per heavy atom. The Morgan fingerprint density at radius 1 is 1.25 bits per heavy atom. The van der Waals surface area contributed by atoms with Crippen molar-refractivity contribution in [3.63, 3.8) is 0 Å². The van der Waals surface area contributed by atoms with Crippen molar-refractivity contribution in [3.8, 4) is 0 Å². The van der Waals surface area contributed by atoms with Gasteiger partial charge in [0.25, 0.3) is 0 Å². The van der Waals surface area contributed by atoms with Crippen molar-refractivity contribution in [2.45, 2.75) is 51.1 Å². The maximum absolute atomic E-state index is 14.1. The molecule has 0 saturated heterocycles. The first-order chi connectivity index (χ1) is 9.59. The summed E-state index contributed by atoms with van der Waals surface area (Å²) in [6.45, 7) is 2.98. The summed E-state index contributed by atoms with van der Waals surface area (Å²) in [4.78, 5) is 2.25. The zero-order chi connectivity index (χ0) is 14.5. The maximum atomic E-state index is 14.1. The van der Waals surface area contributed by atoms with Crippen LogP contribution in [-0.2, 0) is 0 Å². The minimum absolute atomic E-state index is 0.0434. The van der Waals surface area contributed by atoms with Crippen molar-refractivity contribution in [1.82, 2.24) is 4.90 Å². The molecule has 0 aromatic heterocycles. The molecule has 1 fully saturated rings. The first-order valence-electron chi connectivity index (χ1n) is 7.80. The van der Waals surface area contributed by atoms with Gasteiger partial charge in [0.2, 0.25) is 0 Å². The highest BCUT2D eigenvalue weighted by atomic mass is 19.1. The molecule has 0 bridgehead atoms. The predicted octanol–water partition coefficient (Wildman–Crippen LogP) is 3.73. The second kappa shape index (κ2) is 7.19. The van der Waals surface area contributed by atoms with Gasteiger partial charge in [0, 0.05) is 18.2 Å². The maximum Gasteiger partial charge on any atom is 0.128 e. The Balaban J connectivity index is 2.09. The molecular weight excluding hydrogens is 251 g/mol. The highest BCUT2D eigenvalue weighted by Crippen LogP contribution is 2.29. The van der Waals surface area contributed by atoms with Crippen molar-refractivity contribution >= 4 is 0 Å². The van der Waals surface area contributed by atoms with Gasteiger partial charge in [-0.1, -0.05) is 37.5 Å². The third-order valence-corrected chi connectivity index (χ3v) is 4.47. The zero-order valence-electron chi connectivity index (χ0n) is 12.7. The van der Waals surface area contributed by atoms with Gasteiger partial charge in [0.1, 0.15) is 5.82 Å². The third kappa shape index (κ3) is 3.80. The van der Waals surface area contributed by atoms with E-state index in [9.17, 15) is 4.39 Å². The van der Waals surface area contributed by atoms with Crippen molar-refractivity contribution < 1.29 is 4.39 Å². The lowest BCUT2D eigenvalue weighted by molar-refractivity contribution is 0.164. The fraction of sp³-hybridized carbons (Fsp3) is 0.647. The number of nitrogens with two attached hydrogens (primary N) is 1. The van der Waals surface area contributed by atoms with Gasteiger partial charge in [0.15, 0.2) is 0 Å². The lowest BCUT2D eigenvalue weighted by atomic mass is 9.88. The first-order valence-corrected chi connectivity index (χ1v) is 7.80. The number of halogens is 1. The molecule has 1 aromatic carbocycles. The van der Waals surface area contributed by atoms with Gasteiger partial charge in [-0.2, -0.15) is 0 Å². The van der Waals surface area contributed by atoms with Crippen LogP contribution < -0.4 is 5.73 Å². The predicted molar refractivity (Wildman–Crippen MR) is 82.0 cm³/mol. The summed E-state index contributed by atoms with van der Waals surface area (Å²) in [5, 5.41) is 0. The van der Waals surface area contributed by atoms with Crippen LogP contribution in [0.4, 0.5) is 4.39 Å². The summed E-state index contributed by atoms with van der Waals surface area (Å²) >= 11 is 0. The summed E-state index contributed by atoms with van der Waals surface area (Å²) in [6.07, 6.45) is 6.63. The summed E-state index contributed by atoms with van der Waals surface area (Å²) in [7, 11) is 2.08. The molecule has 0 heterocycles. The molecular formula is C17H27FN2. The van der Waals surface area contributed by atoms with Crippen LogP contribution in [0.1, 0.15) is 50.6 Å². The van der Waals surface area contributed by atoms with E-state index in [1.54, 1.807) is 6.07 Å². The molecule has 1 aromatic rings. The Hall–Kier alpha value is -0.930. The molecule has 0 spiro atoms. The Labute approximate surface area is 122 Å². The molecule has 0 amide bonds. The fourth-order valence-corrected chi connectivity index (χ4v) is 3.53. The zero-order valence-corrected chi connectivity index (χ0v) is 12.7. The Bertz CT molecular complexity index is 413. The van der Waals surface area contributed by atoms with Crippen molar-refractivity contribution in [1.29, 1.82) is 0 Å². The lowest BCUT2D eigenvalue weighted by Gasteiger charge is -2.35. The van der Waals surface area contributed by atoms with Crippen molar-refractivity contribution in [2.75, 3.05) is 13.6 Å². The van der Waals surface area contributed by atoms with E-state index in [0.717, 1.165) is 18.0 Å². The van der Waals surface area contributed by atoms with E-state index in [1.165, 1.54) is 38.2 Å². The molecule has 2 atom stereocenters. The number of nitrogens with zero attached hydrogens (tertiary/aromatic N) is 1. The molecule has 3 heteroatoms. The summed E-state index contributed by atoms with van der Waals surface area (Å²) < 4.78 is 14.1. The number of likely N-dealkylation sites (N-methyl/N-ethyl adjacent to an activating group) is 1. The van der Waals surface area contributed by atoms with Gasteiger partial charge in [0.05, 0.1) is 6.04 Å². The average molecular weight is 278 g/mol. The normalized spacial score (nSPS) is 20.1. The number of hydrogen-bond donors (Lipinski definition) is 1. The summed E-state index contributed by atoms with van der Waals surface area (Å²) in [6, 6.07) is 6.89. The van der Waals surface area contributed by atoms with Crippen LogP contribution in [-0.4, -0.2) is 24.5 Å². The molecule has 2 nitrogen and oxygen atoms in total. The number of rotatable bonds is 5. The molecule has 1 aliphatic rings. The summed E-state index contributed by atoms with van der Waals surface area (Å²) in [5.41, 5.74) is 6.86. The van der Waals surface area contributed by atoms with Gasteiger partial charge in [-0.15, -0.1) is 0 Å². The van der Waals surface area contributed by atoms with E-state index in [-0.39, 0.29) is 17.9 Å². The van der Waals surface area contributed by atoms with Crippen molar-refractivity contribution in [3.05, 3.63) is 35.6 Å². The summed E-state index contributed by atoms with van der Waals surface area (Å²) in [5.74, 6) is 0.590. The minimum Gasteiger partial charge on any atom is -0.326 e. The van der Waals surface area contributed by atoms with Crippen molar-refractivity contribution in [2.24, 2.45) is 11.7 Å². The van der Waals surface area contributed by atoms with E-state index < -0.39 is 0 Å². The van der Waals surface area contributed by atoms with E-state index in [1.807, 2.05) is 19.1 Å². The van der Waals surface area contributed by atoms with Gasteiger partial charge in [-0.25, -0.2) is 4.39 Å². The van der Waals surface area contributed by atoms with E-state index >= 15 is 0 Å². The van der Waals surface area contributed by atoms with Crippen LogP contribution in [0.3, 0.4) is 0 Å². The van der Waals surface area contributed by atoms with Crippen LogP contribution in [0, 0.1) is 11.7 Å². The fourth-order valence-electron chi connectivity index (χ4n) is 3.53. The quantitative estimate of drug-likeness (QED) is 0.889. The van der Waals surface area contributed by atoms with Crippen LogP contribution >= 0.6 is 0 Å². The van der Waals surface area contributed by atoms with Crippen LogP contribution in [0.2, 0.25) is 0 Å². The second-order valence-electron chi connectivity index (χ2n) is 6.27. The van der Waals surface area contributed by atoms with Gasteiger partial charge in [-0.3, -0.25) is 4.90 Å². The van der Waals surface area contributed by atoms with E-state index in [2.05, 4.69) is 11.9 Å². The van der Waals surface area contributed by atoms with Gasteiger partial charge in [-0.05, 0) is 38.8 Å². The highest BCUT2D eigenvalue weighted by Gasteiger charge is 2.26. The number of benzene rings is 1. The van der Waals surface area contributed by atoms with Crippen LogP contribution in [0.25, 0.3) is 0 Å². The topological polar surface area (TPSA) is 29.3 Å².